The largest absolute Gasteiger partial charge is 0.706 e. The molecule has 0 fully saturated rings. The molecule has 7 heteroatoms. The first-order valence-corrected chi connectivity index (χ1v) is 6.33. The van der Waals surface area contributed by atoms with Gasteiger partial charge in [0.15, 0.2) is 0 Å². The number of phenolic OH excluding ortho intramolecular Hbond substituents is 1. The number of carboxylic acid groups (broad SMARTS) is 1. The summed E-state index contributed by atoms with van der Waals surface area (Å²) in [5, 5.41) is 21.5. The number of carboxylic acids is 1. The molecule has 0 amide bonds. The van der Waals surface area contributed by atoms with Gasteiger partial charge in [0, 0.05) is 36.7 Å². The van der Waals surface area contributed by atoms with Crippen molar-refractivity contribution >= 4 is 22.6 Å². The summed E-state index contributed by atoms with van der Waals surface area (Å²) in [5.41, 5.74) is 9.82. The summed E-state index contributed by atoms with van der Waals surface area (Å²) in [4.78, 5) is 14.2. The molecule has 0 aliphatic heterocycles. The third-order valence-electron chi connectivity index (χ3n) is 2.85. The van der Waals surface area contributed by atoms with E-state index in [0.717, 1.165) is 0 Å². The van der Waals surface area contributed by atoms with Crippen LogP contribution in [0.2, 0.25) is 0 Å². The molecule has 23 heavy (non-hydrogen) atoms. The van der Waals surface area contributed by atoms with E-state index in [-0.39, 0.29) is 25.2 Å². The molecule has 0 saturated carbocycles. The molecule has 0 saturated heterocycles. The molecule has 1 aromatic heterocycles. The second kappa shape index (κ2) is 8.71. The molecule has 0 aliphatic carbocycles. The zero-order valence-corrected chi connectivity index (χ0v) is 15.1. The molecule has 0 unspecified atom stereocenters. The molecule has 0 atom stereocenters. The van der Waals surface area contributed by atoms with Gasteiger partial charge in [-0.25, -0.2) is 4.79 Å². The van der Waals surface area contributed by atoms with Crippen molar-refractivity contribution in [3.63, 3.8) is 0 Å². The Morgan fingerprint density at radius 3 is 2.30 bits per heavy atom. The number of aromatic carboxylic acids is 1. The van der Waals surface area contributed by atoms with E-state index in [0.29, 0.717) is 22.2 Å². The van der Waals surface area contributed by atoms with Crippen LogP contribution in [-0.4, -0.2) is 21.2 Å². The van der Waals surface area contributed by atoms with E-state index in [1.165, 1.54) is 12.1 Å². The minimum Gasteiger partial charge on any atom is -0.706 e. The van der Waals surface area contributed by atoms with Crippen molar-refractivity contribution in [1.29, 1.82) is 0 Å². The molecule has 0 aliphatic rings. The van der Waals surface area contributed by atoms with E-state index >= 15 is 0 Å². The first kappa shape index (κ1) is 18.4. The van der Waals surface area contributed by atoms with Gasteiger partial charge in [-0.2, -0.15) is 0 Å². The summed E-state index contributed by atoms with van der Waals surface area (Å²) in [6, 6.07) is 14.7. The Morgan fingerprint density at radius 2 is 1.74 bits per heavy atom. The SMILES string of the molecule is O=C(O)c1ccccc1.[N-]=Nc1ccc(O)c2ncccc12.[Zn]. The van der Waals surface area contributed by atoms with Gasteiger partial charge in [-0.05, 0) is 36.4 Å². The van der Waals surface area contributed by atoms with Crippen molar-refractivity contribution in [1.82, 2.24) is 4.98 Å². The van der Waals surface area contributed by atoms with Crippen LogP contribution in [0.1, 0.15) is 10.4 Å². The molecule has 2 N–H and O–H groups in total. The standard InChI is InChI=1S/C9H6N3O.C7H6O2.Zn/c10-12-7-3-4-8(13)9-6(7)2-1-5-11-9;8-7(9)6-4-2-1-3-5-6;/h1-5,13H;1-5H,(H,8,9);/q-1;;. The summed E-state index contributed by atoms with van der Waals surface area (Å²) in [6.07, 6.45) is 1.57. The van der Waals surface area contributed by atoms with Crippen LogP contribution in [0.5, 0.6) is 5.75 Å². The molecule has 1 heterocycles. The fourth-order valence-electron chi connectivity index (χ4n) is 1.81. The minimum absolute atomic E-state index is 0. The van der Waals surface area contributed by atoms with Crippen molar-refractivity contribution in [3.8, 4) is 5.75 Å². The summed E-state index contributed by atoms with van der Waals surface area (Å²) < 4.78 is 0. The van der Waals surface area contributed by atoms with E-state index < -0.39 is 5.97 Å². The van der Waals surface area contributed by atoms with Crippen LogP contribution in [0.15, 0.2) is 65.9 Å². The van der Waals surface area contributed by atoms with Crippen molar-refractivity contribution in [2.45, 2.75) is 0 Å². The molecule has 6 nitrogen and oxygen atoms in total. The fraction of sp³-hybridized carbons (Fsp3) is 0. The molecule has 3 rings (SSSR count). The molecule has 0 spiro atoms. The van der Waals surface area contributed by atoms with Crippen LogP contribution in [0.3, 0.4) is 0 Å². The fourth-order valence-corrected chi connectivity index (χ4v) is 1.81. The van der Waals surface area contributed by atoms with Gasteiger partial charge in [-0.15, -0.1) is 0 Å². The average Bonchev–Trinajstić information content (AvgIpc) is 2.57. The number of pyridine rings is 1. The third kappa shape index (κ3) is 4.66. The Morgan fingerprint density at radius 1 is 1.04 bits per heavy atom. The van der Waals surface area contributed by atoms with E-state index in [1.54, 1.807) is 48.7 Å². The van der Waals surface area contributed by atoms with E-state index in [4.69, 9.17) is 10.6 Å². The Kier molecular flexibility index (Phi) is 6.96. The number of aromatic nitrogens is 1. The van der Waals surface area contributed by atoms with Gasteiger partial charge < -0.3 is 20.9 Å². The first-order chi connectivity index (χ1) is 10.6. The maximum Gasteiger partial charge on any atom is 0.335 e. The van der Waals surface area contributed by atoms with Gasteiger partial charge >= 0.3 is 5.97 Å². The number of benzene rings is 2. The van der Waals surface area contributed by atoms with Gasteiger partial charge in [-0.1, -0.05) is 18.2 Å². The molecular weight excluding hydrogens is 348 g/mol. The van der Waals surface area contributed by atoms with Crippen LogP contribution in [-0.2, 0) is 19.5 Å². The van der Waals surface area contributed by atoms with Gasteiger partial charge in [-0.3, -0.25) is 4.98 Å². The third-order valence-corrected chi connectivity index (χ3v) is 2.85. The second-order valence-corrected chi connectivity index (χ2v) is 4.27. The van der Waals surface area contributed by atoms with Crippen molar-refractivity contribution in [2.24, 2.45) is 5.11 Å². The maximum absolute atomic E-state index is 10.2. The first-order valence-electron chi connectivity index (χ1n) is 6.33. The summed E-state index contributed by atoms with van der Waals surface area (Å²) in [7, 11) is 0. The smallest absolute Gasteiger partial charge is 0.335 e. The zero-order chi connectivity index (χ0) is 15.9. The zero-order valence-electron chi connectivity index (χ0n) is 12.1. The molecule has 0 radical (unpaired) electrons. The summed E-state index contributed by atoms with van der Waals surface area (Å²) in [5.74, 6) is -0.793. The number of carbonyl (C=O) groups is 1. The van der Waals surface area contributed by atoms with Gasteiger partial charge in [0.2, 0.25) is 0 Å². The number of phenols is 1. The Hall–Kier alpha value is -2.66. The number of aromatic hydroxyl groups is 1. The number of rotatable bonds is 2. The Bertz CT molecular complexity index is 810. The monoisotopic (exact) mass is 358 g/mol. The van der Waals surface area contributed by atoms with Crippen LogP contribution >= 0.6 is 0 Å². The summed E-state index contributed by atoms with van der Waals surface area (Å²) in [6.45, 7) is 0. The van der Waals surface area contributed by atoms with Crippen molar-refractivity contribution in [3.05, 3.63) is 71.9 Å². The minimum atomic E-state index is -0.879. The average molecular weight is 360 g/mol. The molecular formula is C16H12N3O3Zn-. The van der Waals surface area contributed by atoms with Crippen molar-refractivity contribution in [2.75, 3.05) is 0 Å². The van der Waals surface area contributed by atoms with Gasteiger partial charge in [0.05, 0.1) is 5.56 Å². The Balaban J connectivity index is 0.000000235. The maximum atomic E-state index is 10.2. The normalized spacial score (nSPS) is 9.22. The predicted molar refractivity (Wildman–Crippen MR) is 82.3 cm³/mol. The van der Waals surface area contributed by atoms with Crippen LogP contribution < -0.4 is 0 Å². The number of fused-ring (bicyclic) bond motifs is 1. The molecule has 3 aromatic rings. The Labute approximate surface area is 145 Å². The topological polar surface area (TPSA) is 105 Å². The molecule has 0 bridgehead atoms. The molecule has 112 valence electrons. The van der Waals surface area contributed by atoms with E-state index in [2.05, 4.69) is 10.1 Å². The van der Waals surface area contributed by atoms with Crippen molar-refractivity contribution < 1.29 is 34.5 Å². The number of hydrogen-bond donors (Lipinski definition) is 2. The van der Waals surface area contributed by atoms with Crippen LogP contribution in [0.4, 0.5) is 5.69 Å². The summed E-state index contributed by atoms with van der Waals surface area (Å²) >= 11 is 0. The van der Waals surface area contributed by atoms with E-state index in [9.17, 15) is 9.90 Å². The molecule has 2 aromatic carbocycles. The van der Waals surface area contributed by atoms with Gasteiger partial charge in [0.25, 0.3) is 0 Å². The predicted octanol–water partition coefficient (Wildman–Crippen LogP) is 3.98. The van der Waals surface area contributed by atoms with Crippen LogP contribution in [0.25, 0.3) is 16.4 Å². The van der Waals surface area contributed by atoms with E-state index in [1.807, 2.05) is 0 Å². The van der Waals surface area contributed by atoms with Gasteiger partial charge in [0.1, 0.15) is 11.3 Å². The van der Waals surface area contributed by atoms with Crippen LogP contribution in [0, 0.1) is 0 Å². The quantitative estimate of drug-likeness (QED) is 0.533. The number of hydrogen-bond acceptors (Lipinski definition) is 4. The number of nitrogens with zero attached hydrogens (tertiary/aromatic N) is 3. The second-order valence-electron chi connectivity index (χ2n) is 4.27.